The van der Waals surface area contributed by atoms with Crippen LogP contribution in [0.3, 0.4) is 0 Å². The molecular weight excluding hydrogens is 676 g/mol. The van der Waals surface area contributed by atoms with Gasteiger partial charge in [-0.1, -0.05) is 62.4 Å². The summed E-state index contributed by atoms with van der Waals surface area (Å²) in [5.41, 5.74) is 5.76. The third-order valence-corrected chi connectivity index (χ3v) is 10.4. The predicted molar refractivity (Wildman–Crippen MR) is 198 cm³/mol. The molecule has 0 radical (unpaired) electrons. The van der Waals surface area contributed by atoms with Gasteiger partial charge < -0.3 is 39.9 Å². The van der Waals surface area contributed by atoms with Crippen LogP contribution in [0.4, 0.5) is 9.59 Å². The fraction of sp³-hybridized carbons (Fsp3) is 0.436. The minimum Gasteiger partial charge on any atom is -0.453 e. The number of nitrogens with zero attached hydrogens (tertiary/aromatic N) is 4. The summed E-state index contributed by atoms with van der Waals surface area (Å²) in [7, 11) is 2.56. The second kappa shape index (κ2) is 15.9. The molecule has 2 fully saturated rings. The number of methoxy groups -OCH3 is 2. The molecule has 5 atom stereocenters. The van der Waals surface area contributed by atoms with E-state index in [1.807, 2.05) is 56.9 Å². The highest BCUT2D eigenvalue weighted by molar-refractivity contribution is 5.87. The van der Waals surface area contributed by atoms with E-state index >= 15 is 0 Å². The van der Waals surface area contributed by atoms with Crippen LogP contribution in [0, 0.1) is 5.92 Å². The van der Waals surface area contributed by atoms with Crippen molar-refractivity contribution >= 4 is 24.0 Å². The number of ether oxygens (including phenoxy) is 2. The van der Waals surface area contributed by atoms with Crippen LogP contribution in [0.5, 0.6) is 0 Å². The average molecular weight is 725 g/mol. The Morgan fingerprint density at radius 3 is 1.64 bits per heavy atom. The van der Waals surface area contributed by atoms with Gasteiger partial charge in [-0.05, 0) is 67.7 Å². The number of carbonyl (C=O) groups excluding carboxylic acids is 4. The Balaban J connectivity index is 1.11. The van der Waals surface area contributed by atoms with Gasteiger partial charge in [0.05, 0.1) is 50.1 Å². The molecular formula is C39H48N8O6. The number of hydrogen-bond donors (Lipinski definition) is 4. The SMILES string of the molecule is COC(=O)NCC(=O)N1[C@H](C)CC[C@H]1c1ncc(-c2ccc(-c3ccc(-c4cnc([C@@H]5CC[C@@H](C)N5C(=O)[C@@H](NC(=O)OC)C(C)C)[nH]4)cc3)cc2)[nH]1. The van der Waals surface area contributed by atoms with Crippen LogP contribution in [-0.4, -0.2) is 92.6 Å². The van der Waals surface area contributed by atoms with Crippen molar-refractivity contribution in [2.24, 2.45) is 5.92 Å². The molecule has 280 valence electrons. The Morgan fingerprint density at radius 1 is 0.717 bits per heavy atom. The lowest BCUT2D eigenvalue weighted by Crippen LogP contribution is -2.52. The first kappa shape index (κ1) is 37.1. The Hall–Kier alpha value is -5.66. The monoisotopic (exact) mass is 724 g/mol. The van der Waals surface area contributed by atoms with Gasteiger partial charge in [-0.3, -0.25) is 9.59 Å². The van der Waals surface area contributed by atoms with Crippen LogP contribution in [0.25, 0.3) is 33.6 Å². The lowest BCUT2D eigenvalue weighted by molar-refractivity contribution is -0.137. The molecule has 0 saturated carbocycles. The lowest BCUT2D eigenvalue weighted by atomic mass is 10.0. The summed E-state index contributed by atoms with van der Waals surface area (Å²) in [5, 5.41) is 5.19. The van der Waals surface area contributed by atoms with E-state index in [1.54, 1.807) is 17.3 Å². The van der Waals surface area contributed by atoms with Gasteiger partial charge in [0.15, 0.2) is 0 Å². The van der Waals surface area contributed by atoms with Crippen LogP contribution in [0.15, 0.2) is 60.9 Å². The number of hydrogen-bond acceptors (Lipinski definition) is 8. The van der Waals surface area contributed by atoms with E-state index in [0.29, 0.717) is 0 Å². The topological polar surface area (TPSA) is 175 Å². The summed E-state index contributed by atoms with van der Waals surface area (Å²) in [6.07, 6.45) is 5.55. The highest BCUT2D eigenvalue weighted by Crippen LogP contribution is 2.38. The Kier molecular flexibility index (Phi) is 11.2. The second-order valence-electron chi connectivity index (χ2n) is 14.2. The molecule has 2 aliphatic heterocycles. The van der Waals surface area contributed by atoms with Crippen molar-refractivity contribution < 1.29 is 28.7 Å². The first-order valence-electron chi connectivity index (χ1n) is 18.1. The number of carbonyl (C=O) groups is 4. The zero-order valence-electron chi connectivity index (χ0n) is 31.0. The maximum Gasteiger partial charge on any atom is 0.407 e. The van der Waals surface area contributed by atoms with Crippen LogP contribution < -0.4 is 10.6 Å². The van der Waals surface area contributed by atoms with Gasteiger partial charge in [-0.25, -0.2) is 19.6 Å². The molecule has 0 bridgehead atoms. The largest absolute Gasteiger partial charge is 0.453 e. The van der Waals surface area contributed by atoms with Gasteiger partial charge in [0.2, 0.25) is 11.8 Å². The normalized spacial score (nSPS) is 20.4. The van der Waals surface area contributed by atoms with Crippen molar-refractivity contribution in [1.29, 1.82) is 0 Å². The number of likely N-dealkylation sites (tertiary alicyclic amines) is 2. The van der Waals surface area contributed by atoms with Crippen molar-refractivity contribution in [2.45, 2.75) is 83.6 Å². The highest BCUT2D eigenvalue weighted by atomic mass is 16.5. The first-order valence-corrected chi connectivity index (χ1v) is 18.1. The van der Waals surface area contributed by atoms with E-state index in [4.69, 9.17) is 9.72 Å². The minimum atomic E-state index is -0.702. The highest BCUT2D eigenvalue weighted by Gasteiger charge is 2.41. The molecule has 2 aliphatic rings. The van der Waals surface area contributed by atoms with E-state index in [2.05, 4.69) is 54.6 Å². The maximum absolute atomic E-state index is 13.7. The summed E-state index contributed by atoms with van der Waals surface area (Å²) >= 11 is 0. The average Bonchev–Trinajstić information content (AvgIpc) is 3.99. The van der Waals surface area contributed by atoms with E-state index in [1.165, 1.54) is 14.2 Å². The van der Waals surface area contributed by atoms with Crippen molar-refractivity contribution in [2.75, 3.05) is 20.8 Å². The molecule has 0 aliphatic carbocycles. The Labute approximate surface area is 309 Å². The molecule has 4 amide bonds. The van der Waals surface area contributed by atoms with Gasteiger partial charge in [0.25, 0.3) is 0 Å². The third-order valence-electron chi connectivity index (χ3n) is 10.4. The number of benzene rings is 2. The summed E-state index contributed by atoms with van der Waals surface area (Å²) in [4.78, 5) is 70.0. The molecule has 2 aromatic heterocycles. The minimum absolute atomic E-state index is 0.00282. The number of aromatic amines is 2. The van der Waals surface area contributed by atoms with E-state index in [-0.39, 0.29) is 48.4 Å². The van der Waals surface area contributed by atoms with Crippen molar-refractivity contribution in [3.05, 3.63) is 72.6 Å². The first-order chi connectivity index (χ1) is 25.5. The van der Waals surface area contributed by atoms with Gasteiger partial charge >= 0.3 is 12.2 Å². The molecule has 53 heavy (non-hydrogen) atoms. The quantitative estimate of drug-likeness (QED) is 0.155. The smallest absolute Gasteiger partial charge is 0.407 e. The Bertz CT molecular complexity index is 1920. The Morgan fingerprint density at radius 2 is 1.17 bits per heavy atom. The van der Waals surface area contributed by atoms with Gasteiger partial charge in [-0.15, -0.1) is 0 Å². The van der Waals surface area contributed by atoms with Crippen LogP contribution in [-0.2, 0) is 19.1 Å². The molecule has 4 N–H and O–H groups in total. The summed E-state index contributed by atoms with van der Waals surface area (Å²) in [6.45, 7) is 7.70. The van der Waals surface area contributed by atoms with Crippen LogP contribution in [0.2, 0.25) is 0 Å². The van der Waals surface area contributed by atoms with Crippen LogP contribution >= 0.6 is 0 Å². The van der Waals surface area contributed by atoms with Crippen LogP contribution in [0.1, 0.15) is 77.1 Å². The number of imidazole rings is 2. The fourth-order valence-electron chi connectivity index (χ4n) is 7.46. The second-order valence-corrected chi connectivity index (χ2v) is 14.2. The fourth-order valence-corrected chi connectivity index (χ4v) is 7.46. The molecule has 0 spiro atoms. The molecule has 14 nitrogen and oxygen atoms in total. The van der Waals surface area contributed by atoms with Crippen molar-refractivity contribution in [3.8, 4) is 33.6 Å². The molecule has 4 aromatic rings. The van der Waals surface area contributed by atoms with Gasteiger partial charge in [0, 0.05) is 12.1 Å². The lowest BCUT2D eigenvalue weighted by Gasteiger charge is -2.32. The number of H-pyrrole nitrogens is 2. The zero-order chi connectivity index (χ0) is 37.8. The molecule has 6 rings (SSSR count). The van der Waals surface area contributed by atoms with Crippen molar-refractivity contribution in [1.82, 2.24) is 40.4 Å². The molecule has 0 unspecified atom stereocenters. The summed E-state index contributed by atoms with van der Waals surface area (Å²) in [6, 6.07) is 15.4. The van der Waals surface area contributed by atoms with E-state index in [9.17, 15) is 19.2 Å². The number of alkyl carbamates (subject to hydrolysis) is 2. The molecule has 14 heteroatoms. The standard InChI is InChI=1S/C39H48N8O6/c1-22(2)34(45-39(51)53-6)37(49)47-24(4)8-18-32(47)36-41-20-30(44-36)28-15-11-26(12-16-28)25-9-13-27(14-10-25)29-19-40-35(43-29)31-17-7-23(3)46(31)33(48)21-42-38(50)52-5/h9-16,19-20,22-24,31-32,34H,7-8,17-18,21H2,1-6H3,(H,40,43)(H,41,44)(H,42,50)(H,45,51)/t23-,24-,31+,32+,34+/m1/s1. The zero-order valence-corrected chi connectivity index (χ0v) is 31.0. The van der Waals surface area contributed by atoms with Crippen molar-refractivity contribution in [3.63, 3.8) is 0 Å². The summed E-state index contributed by atoms with van der Waals surface area (Å²) < 4.78 is 9.37. The molecule has 4 heterocycles. The number of rotatable bonds is 10. The third kappa shape index (κ3) is 7.91. The number of amides is 4. The van der Waals surface area contributed by atoms with E-state index < -0.39 is 18.2 Å². The van der Waals surface area contributed by atoms with E-state index in [0.717, 1.165) is 71.0 Å². The number of nitrogens with one attached hydrogen (secondary N) is 4. The maximum atomic E-state index is 13.7. The summed E-state index contributed by atoms with van der Waals surface area (Å²) in [5.74, 6) is 0.998. The number of aromatic nitrogens is 4. The van der Waals surface area contributed by atoms with Gasteiger partial charge in [0.1, 0.15) is 24.2 Å². The molecule has 2 aromatic carbocycles. The predicted octanol–water partition coefficient (Wildman–Crippen LogP) is 5.97. The molecule has 2 saturated heterocycles. The van der Waals surface area contributed by atoms with Gasteiger partial charge in [-0.2, -0.15) is 0 Å².